The van der Waals surface area contributed by atoms with Gasteiger partial charge in [0.2, 0.25) is 6.79 Å². The minimum absolute atomic E-state index is 0.0334. The number of furan rings is 1. The number of nitro groups is 1. The summed E-state index contributed by atoms with van der Waals surface area (Å²) in [6.07, 6.45) is 1.98. The number of nitrogens with one attached hydrogen (secondary N) is 1. The first-order valence-corrected chi connectivity index (χ1v) is 8.33. The zero-order valence-electron chi connectivity index (χ0n) is 13.6. The Hall–Kier alpha value is -3.29. The fraction of sp³-hybridized carbons (Fsp3) is 0.278. The second kappa shape index (κ2) is 5.35. The number of ketones is 1. The lowest BCUT2D eigenvalue weighted by atomic mass is 9.77. The number of nitrogens with zero attached hydrogens (tertiary/aromatic N) is 1. The van der Waals surface area contributed by atoms with Crippen LogP contribution in [-0.2, 0) is 4.79 Å². The Morgan fingerprint density at radius 1 is 1.15 bits per heavy atom. The van der Waals surface area contributed by atoms with E-state index in [1.807, 2.05) is 12.1 Å². The molecule has 1 atom stereocenters. The van der Waals surface area contributed by atoms with Crippen molar-refractivity contribution < 1.29 is 23.6 Å². The van der Waals surface area contributed by atoms with E-state index in [1.54, 1.807) is 6.07 Å². The van der Waals surface area contributed by atoms with E-state index in [9.17, 15) is 14.9 Å². The van der Waals surface area contributed by atoms with Gasteiger partial charge in [-0.3, -0.25) is 14.9 Å². The van der Waals surface area contributed by atoms with Gasteiger partial charge >= 0.3 is 5.88 Å². The predicted octanol–water partition coefficient (Wildman–Crippen LogP) is 3.48. The summed E-state index contributed by atoms with van der Waals surface area (Å²) in [5.41, 5.74) is 3.04. The minimum atomic E-state index is -0.580. The summed E-state index contributed by atoms with van der Waals surface area (Å²) in [4.78, 5) is 23.1. The summed E-state index contributed by atoms with van der Waals surface area (Å²) in [6, 6.07) is 6.53. The molecule has 26 heavy (non-hydrogen) atoms. The molecular weight excluding hydrogens is 340 g/mol. The van der Waals surface area contributed by atoms with Crippen LogP contribution in [0.2, 0.25) is 0 Å². The summed E-state index contributed by atoms with van der Waals surface area (Å²) in [7, 11) is 0. The molecule has 1 aromatic heterocycles. The molecule has 8 heteroatoms. The SMILES string of the molecule is O=C1CCCC2=C1[C@@H](c1ccc([N+](=O)[O-])o1)c1cc3c(cc1N2)OCO3. The number of ether oxygens (including phenoxy) is 2. The quantitative estimate of drug-likeness (QED) is 0.650. The second-order valence-corrected chi connectivity index (χ2v) is 6.45. The monoisotopic (exact) mass is 354 g/mol. The number of Topliss-reactive ketones (excluding diaryl/α,β-unsaturated/α-hetero) is 1. The average molecular weight is 354 g/mol. The van der Waals surface area contributed by atoms with E-state index in [2.05, 4.69) is 5.32 Å². The largest absolute Gasteiger partial charge is 0.454 e. The van der Waals surface area contributed by atoms with Gasteiger partial charge in [-0.1, -0.05) is 0 Å². The van der Waals surface area contributed by atoms with E-state index in [-0.39, 0.29) is 18.5 Å². The van der Waals surface area contributed by atoms with E-state index in [4.69, 9.17) is 13.9 Å². The smallest absolute Gasteiger partial charge is 0.433 e. The molecular formula is C18H14N2O6. The molecule has 2 aliphatic heterocycles. The summed E-state index contributed by atoms with van der Waals surface area (Å²) >= 11 is 0. The molecule has 0 spiro atoms. The maximum atomic E-state index is 12.7. The van der Waals surface area contributed by atoms with Gasteiger partial charge in [0.1, 0.15) is 10.7 Å². The lowest BCUT2D eigenvalue weighted by Crippen LogP contribution is -2.26. The number of rotatable bonds is 2. The molecule has 0 amide bonds. The molecule has 3 heterocycles. The van der Waals surface area contributed by atoms with Crippen LogP contribution < -0.4 is 14.8 Å². The Morgan fingerprint density at radius 2 is 1.96 bits per heavy atom. The average Bonchev–Trinajstić information content (AvgIpc) is 3.27. The van der Waals surface area contributed by atoms with E-state index < -0.39 is 10.8 Å². The molecule has 8 nitrogen and oxygen atoms in total. The van der Waals surface area contributed by atoms with Gasteiger partial charge in [0.25, 0.3) is 0 Å². The van der Waals surface area contributed by atoms with E-state index in [0.29, 0.717) is 29.3 Å². The lowest BCUT2D eigenvalue weighted by Gasteiger charge is -2.32. The van der Waals surface area contributed by atoms with Crippen molar-refractivity contribution in [2.45, 2.75) is 25.2 Å². The van der Waals surface area contributed by atoms with Crippen LogP contribution in [0.3, 0.4) is 0 Å². The molecule has 0 saturated heterocycles. The predicted molar refractivity (Wildman–Crippen MR) is 89.3 cm³/mol. The van der Waals surface area contributed by atoms with Crippen LogP contribution in [0.25, 0.3) is 0 Å². The van der Waals surface area contributed by atoms with E-state index in [1.165, 1.54) is 6.07 Å². The van der Waals surface area contributed by atoms with Crippen molar-refractivity contribution in [1.29, 1.82) is 0 Å². The second-order valence-electron chi connectivity index (χ2n) is 6.45. The van der Waals surface area contributed by atoms with Crippen molar-refractivity contribution in [3.63, 3.8) is 0 Å². The van der Waals surface area contributed by atoms with Crippen LogP contribution in [-0.4, -0.2) is 17.5 Å². The third kappa shape index (κ3) is 2.11. The molecule has 1 aliphatic carbocycles. The molecule has 5 rings (SSSR count). The normalized spacial score (nSPS) is 20.5. The first-order valence-electron chi connectivity index (χ1n) is 8.33. The summed E-state index contributed by atoms with van der Waals surface area (Å²) in [5.74, 6) is 0.784. The fourth-order valence-corrected chi connectivity index (χ4v) is 3.84. The molecule has 1 aromatic carbocycles. The number of hydrogen-bond donors (Lipinski definition) is 1. The molecule has 0 unspecified atom stereocenters. The number of fused-ring (bicyclic) bond motifs is 2. The third-order valence-electron chi connectivity index (χ3n) is 4.96. The summed E-state index contributed by atoms with van der Waals surface area (Å²) < 4.78 is 16.4. The Labute approximate surface area is 147 Å². The van der Waals surface area contributed by atoms with E-state index in [0.717, 1.165) is 29.8 Å². The van der Waals surface area contributed by atoms with Crippen LogP contribution in [0, 0.1) is 10.1 Å². The van der Waals surface area contributed by atoms with Gasteiger partial charge in [0, 0.05) is 29.4 Å². The third-order valence-corrected chi connectivity index (χ3v) is 4.96. The van der Waals surface area contributed by atoms with Gasteiger partial charge in [-0.2, -0.15) is 0 Å². The van der Waals surface area contributed by atoms with Crippen molar-refractivity contribution in [2.75, 3.05) is 12.1 Å². The van der Waals surface area contributed by atoms with Crippen LogP contribution in [0.15, 0.2) is 40.0 Å². The molecule has 2 aromatic rings. The maximum Gasteiger partial charge on any atom is 0.433 e. The molecule has 0 radical (unpaired) electrons. The molecule has 1 N–H and O–H groups in total. The minimum Gasteiger partial charge on any atom is -0.454 e. The number of allylic oxidation sites excluding steroid dienone is 2. The Balaban J connectivity index is 1.71. The van der Waals surface area contributed by atoms with Gasteiger partial charge in [-0.05, 0) is 30.5 Å². The van der Waals surface area contributed by atoms with Crippen LogP contribution in [0.4, 0.5) is 11.6 Å². The number of anilines is 1. The standard InChI is InChI=1S/C18H14N2O6/c21-12-3-1-2-10-18(12)17(13-4-5-16(26-13)20(22)23)9-6-14-15(25-8-24-14)7-11(9)19-10/h4-7,17,19H,1-3,8H2/t17-/m1/s1. The van der Waals surface area contributed by atoms with Crippen LogP contribution >= 0.6 is 0 Å². The zero-order chi connectivity index (χ0) is 17.8. The van der Waals surface area contributed by atoms with Gasteiger partial charge in [0.15, 0.2) is 17.3 Å². The highest BCUT2D eigenvalue weighted by atomic mass is 16.7. The van der Waals surface area contributed by atoms with Crippen molar-refractivity contribution >= 4 is 17.4 Å². The lowest BCUT2D eigenvalue weighted by molar-refractivity contribution is -0.402. The van der Waals surface area contributed by atoms with Crippen molar-refractivity contribution in [3.05, 3.63) is 57.0 Å². The van der Waals surface area contributed by atoms with Gasteiger partial charge in [0.05, 0.1) is 12.0 Å². The Morgan fingerprint density at radius 3 is 2.73 bits per heavy atom. The van der Waals surface area contributed by atoms with Crippen molar-refractivity contribution in [3.8, 4) is 11.5 Å². The number of carbonyl (C=O) groups is 1. The molecule has 0 fully saturated rings. The zero-order valence-corrected chi connectivity index (χ0v) is 13.6. The Kier molecular flexibility index (Phi) is 3.09. The molecule has 3 aliphatic rings. The van der Waals surface area contributed by atoms with Crippen molar-refractivity contribution in [2.24, 2.45) is 0 Å². The number of hydrogen-bond acceptors (Lipinski definition) is 7. The summed E-state index contributed by atoms with van der Waals surface area (Å²) in [5, 5.41) is 14.4. The van der Waals surface area contributed by atoms with Crippen LogP contribution in [0.1, 0.15) is 36.5 Å². The number of benzene rings is 1. The molecule has 0 saturated carbocycles. The first kappa shape index (κ1) is 15.0. The topological polar surface area (TPSA) is 104 Å². The first-order chi connectivity index (χ1) is 12.6. The highest BCUT2D eigenvalue weighted by Crippen LogP contribution is 2.49. The highest BCUT2D eigenvalue weighted by molar-refractivity contribution is 6.01. The molecule has 0 bridgehead atoms. The fourth-order valence-electron chi connectivity index (χ4n) is 3.84. The van der Waals surface area contributed by atoms with Crippen molar-refractivity contribution in [1.82, 2.24) is 0 Å². The van der Waals surface area contributed by atoms with Gasteiger partial charge in [-0.25, -0.2) is 0 Å². The number of carbonyl (C=O) groups excluding carboxylic acids is 1. The Bertz CT molecular complexity index is 990. The van der Waals surface area contributed by atoms with E-state index >= 15 is 0 Å². The van der Waals surface area contributed by atoms with Gasteiger partial charge < -0.3 is 19.2 Å². The molecule has 132 valence electrons. The van der Waals surface area contributed by atoms with Crippen LogP contribution in [0.5, 0.6) is 11.5 Å². The highest BCUT2D eigenvalue weighted by Gasteiger charge is 2.38. The maximum absolute atomic E-state index is 12.7. The van der Waals surface area contributed by atoms with Gasteiger partial charge in [-0.15, -0.1) is 0 Å². The summed E-state index contributed by atoms with van der Waals surface area (Å²) in [6.45, 7) is 0.140.